The van der Waals surface area contributed by atoms with Gasteiger partial charge in [0.2, 0.25) is 0 Å². The lowest BCUT2D eigenvalue weighted by atomic mass is 9.79. The molecule has 2 aliphatic rings. The summed E-state index contributed by atoms with van der Waals surface area (Å²) in [5.74, 6) is 0.460. The van der Waals surface area contributed by atoms with Crippen LogP contribution in [0.2, 0.25) is 0 Å². The molecule has 1 aromatic rings. The third-order valence-corrected chi connectivity index (χ3v) is 4.13. The number of hydrogen-bond donors (Lipinski definition) is 2. The number of benzene rings is 1. The van der Waals surface area contributed by atoms with Crippen LogP contribution >= 0.6 is 0 Å². The number of alkyl carbamates (subject to hydrolysis) is 1. The Bertz CT molecular complexity index is 486. The van der Waals surface area contributed by atoms with Gasteiger partial charge in [-0.2, -0.15) is 0 Å². The number of hydrogen-bond acceptors (Lipinski definition) is 3. The van der Waals surface area contributed by atoms with E-state index in [1.54, 1.807) is 0 Å². The van der Waals surface area contributed by atoms with Gasteiger partial charge in [0.15, 0.2) is 0 Å². The molecule has 4 nitrogen and oxygen atoms in total. The minimum Gasteiger partial charge on any atom is -0.453 e. The van der Waals surface area contributed by atoms with Crippen molar-refractivity contribution in [2.75, 3.05) is 7.11 Å². The SMILES string of the molecule is COC(=O)N[C@@H]1C[C@@H]2CCc3cccc(c32)[C@H]1O. The molecule has 18 heavy (non-hydrogen) atoms. The molecule has 3 rings (SSSR count). The number of aliphatic hydroxyl groups excluding tert-OH is 1. The number of aliphatic hydroxyl groups is 1. The van der Waals surface area contributed by atoms with Gasteiger partial charge in [0, 0.05) is 0 Å². The van der Waals surface area contributed by atoms with E-state index in [4.69, 9.17) is 0 Å². The molecule has 0 saturated heterocycles. The summed E-state index contributed by atoms with van der Waals surface area (Å²) < 4.78 is 4.61. The molecule has 96 valence electrons. The van der Waals surface area contributed by atoms with Gasteiger partial charge in [-0.15, -0.1) is 0 Å². The molecule has 2 aliphatic carbocycles. The molecule has 0 radical (unpaired) electrons. The normalized spacial score (nSPS) is 28.7. The van der Waals surface area contributed by atoms with E-state index in [1.807, 2.05) is 12.1 Å². The van der Waals surface area contributed by atoms with Crippen LogP contribution in [-0.2, 0) is 11.2 Å². The average Bonchev–Trinajstić information content (AvgIpc) is 2.79. The average molecular weight is 247 g/mol. The maximum atomic E-state index is 11.3. The number of aryl methyl sites for hydroxylation is 1. The summed E-state index contributed by atoms with van der Waals surface area (Å²) in [5, 5.41) is 13.1. The Kier molecular flexibility index (Phi) is 2.74. The highest BCUT2D eigenvalue weighted by Crippen LogP contribution is 2.46. The highest BCUT2D eigenvalue weighted by atomic mass is 16.5. The zero-order valence-electron chi connectivity index (χ0n) is 10.3. The standard InChI is InChI=1S/C14H17NO3/c1-18-14(17)15-11-7-9-6-5-8-3-2-4-10(12(8)9)13(11)16/h2-4,9,11,13,16H,5-7H2,1H3,(H,15,17)/t9-,11+,13+/m0/s1. The molecule has 0 aliphatic heterocycles. The Hall–Kier alpha value is -1.55. The van der Waals surface area contributed by atoms with Gasteiger partial charge in [-0.25, -0.2) is 4.79 Å². The van der Waals surface area contributed by atoms with Gasteiger partial charge in [0.05, 0.1) is 19.3 Å². The molecule has 0 aromatic heterocycles. The maximum Gasteiger partial charge on any atom is 0.407 e. The van der Waals surface area contributed by atoms with Gasteiger partial charge in [-0.3, -0.25) is 0 Å². The van der Waals surface area contributed by atoms with Crippen LogP contribution in [0.25, 0.3) is 0 Å². The van der Waals surface area contributed by atoms with Crippen molar-refractivity contribution >= 4 is 6.09 Å². The molecule has 1 amide bonds. The smallest absolute Gasteiger partial charge is 0.407 e. The van der Waals surface area contributed by atoms with Gasteiger partial charge in [0.25, 0.3) is 0 Å². The van der Waals surface area contributed by atoms with E-state index in [-0.39, 0.29) is 6.04 Å². The highest BCUT2D eigenvalue weighted by Gasteiger charge is 2.38. The number of carbonyl (C=O) groups excluding carboxylic acids is 1. The van der Waals surface area contributed by atoms with Crippen LogP contribution < -0.4 is 5.32 Å². The number of methoxy groups -OCH3 is 1. The van der Waals surface area contributed by atoms with Crippen molar-refractivity contribution in [1.29, 1.82) is 0 Å². The van der Waals surface area contributed by atoms with Crippen LogP contribution in [0, 0.1) is 0 Å². The molecule has 0 unspecified atom stereocenters. The van der Waals surface area contributed by atoms with Crippen LogP contribution in [0.3, 0.4) is 0 Å². The summed E-state index contributed by atoms with van der Waals surface area (Å²) in [6, 6.07) is 5.84. The van der Waals surface area contributed by atoms with Gasteiger partial charge in [0.1, 0.15) is 0 Å². The Labute approximate surface area is 106 Å². The van der Waals surface area contributed by atoms with E-state index >= 15 is 0 Å². The lowest BCUT2D eigenvalue weighted by Crippen LogP contribution is -2.42. The first-order valence-electron chi connectivity index (χ1n) is 6.35. The van der Waals surface area contributed by atoms with Crippen molar-refractivity contribution in [1.82, 2.24) is 5.32 Å². The molecule has 3 atom stereocenters. The third kappa shape index (κ3) is 1.68. The maximum absolute atomic E-state index is 11.3. The van der Waals surface area contributed by atoms with Gasteiger partial charge in [-0.05, 0) is 41.9 Å². The van der Waals surface area contributed by atoms with Crippen molar-refractivity contribution in [3.8, 4) is 0 Å². The molecule has 0 heterocycles. The molecule has 0 spiro atoms. The summed E-state index contributed by atoms with van der Waals surface area (Å²) in [7, 11) is 1.34. The number of amides is 1. The van der Waals surface area contributed by atoms with Crippen molar-refractivity contribution in [2.45, 2.75) is 37.3 Å². The Morgan fingerprint density at radius 1 is 1.50 bits per heavy atom. The number of rotatable bonds is 1. The van der Waals surface area contributed by atoms with E-state index in [0.29, 0.717) is 5.92 Å². The van der Waals surface area contributed by atoms with Gasteiger partial charge < -0.3 is 15.2 Å². The molecular weight excluding hydrogens is 230 g/mol. The van der Waals surface area contributed by atoms with E-state index in [0.717, 1.165) is 24.8 Å². The Morgan fingerprint density at radius 3 is 3.11 bits per heavy atom. The lowest BCUT2D eigenvalue weighted by Gasteiger charge is -2.33. The fourth-order valence-corrected chi connectivity index (χ4v) is 3.32. The second kappa shape index (κ2) is 4.28. The minimum absolute atomic E-state index is 0.247. The second-order valence-corrected chi connectivity index (χ2v) is 5.08. The zero-order chi connectivity index (χ0) is 12.7. The zero-order valence-corrected chi connectivity index (χ0v) is 10.3. The minimum atomic E-state index is -0.631. The fourth-order valence-electron chi connectivity index (χ4n) is 3.32. The van der Waals surface area contributed by atoms with Crippen molar-refractivity contribution in [3.05, 3.63) is 34.9 Å². The summed E-state index contributed by atoms with van der Waals surface area (Å²) >= 11 is 0. The largest absolute Gasteiger partial charge is 0.453 e. The first-order chi connectivity index (χ1) is 8.70. The molecule has 0 bridgehead atoms. The van der Waals surface area contributed by atoms with Crippen molar-refractivity contribution < 1.29 is 14.6 Å². The monoisotopic (exact) mass is 247 g/mol. The summed E-state index contributed by atoms with van der Waals surface area (Å²) in [4.78, 5) is 11.3. The first-order valence-corrected chi connectivity index (χ1v) is 6.35. The van der Waals surface area contributed by atoms with Crippen LogP contribution in [0.15, 0.2) is 18.2 Å². The quantitative estimate of drug-likeness (QED) is 0.796. The van der Waals surface area contributed by atoms with E-state index in [2.05, 4.69) is 16.1 Å². The summed E-state index contributed by atoms with van der Waals surface area (Å²) in [6.07, 6.45) is 1.87. The molecule has 2 N–H and O–H groups in total. The molecule has 4 heteroatoms. The highest BCUT2D eigenvalue weighted by molar-refractivity contribution is 5.67. The molecular formula is C14H17NO3. The summed E-state index contributed by atoms with van der Waals surface area (Å²) in [5.41, 5.74) is 3.64. The summed E-state index contributed by atoms with van der Waals surface area (Å²) in [6.45, 7) is 0. The lowest BCUT2D eigenvalue weighted by molar-refractivity contribution is 0.0988. The topological polar surface area (TPSA) is 58.6 Å². The molecule has 1 aromatic carbocycles. The van der Waals surface area contributed by atoms with E-state index in [9.17, 15) is 9.90 Å². The number of carbonyl (C=O) groups is 1. The van der Waals surface area contributed by atoms with Crippen molar-refractivity contribution in [3.63, 3.8) is 0 Å². The Morgan fingerprint density at radius 2 is 2.33 bits per heavy atom. The fraction of sp³-hybridized carbons (Fsp3) is 0.500. The van der Waals surface area contributed by atoms with Gasteiger partial charge in [-0.1, -0.05) is 18.2 Å². The van der Waals surface area contributed by atoms with E-state index in [1.165, 1.54) is 18.2 Å². The predicted molar refractivity (Wildman–Crippen MR) is 66.4 cm³/mol. The van der Waals surface area contributed by atoms with Crippen LogP contribution in [-0.4, -0.2) is 24.4 Å². The van der Waals surface area contributed by atoms with E-state index < -0.39 is 12.2 Å². The van der Waals surface area contributed by atoms with Crippen LogP contribution in [0.4, 0.5) is 4.79 Å². The van der Waals surface area contributed by atoms with Crippen LogP contribution in [0.5, 0.6) is 0 Å². The van der Waals surface area contributed by atoms with Gasteiger partial charge >= 0.3 is 6.09 Å². The molecule has 0 fully saturated rings. The first kappa shape index (κ1) is 11.5. The molecule has 0 saturated carbocycles. The predicted octanol–water partition coefficient (Wildman–Crippen LogP) is 1.88. The third-order valence-electron chi connectivity index (χ3n) is 4.13. The van der Waals surface area contributed by atoms with Crippen molar-refractivity contribution in [2.24, 2.45) is 0 Å². The number of ether oxygens (including phenoxy) is 1. The Balaban J connectivity index is 1.92. The second-order valence-electron chi connectivity index (χ2n) is 5.08. The van der Waals surface area contributed by atoms with Crippen LogP contribution in [0.1, 0.15) is 41.6 Å². The number of nitrogens with one attached hydrogen (secondary N) is 1.